The van der Waals surface area contributed by atoms with Gasteiger partial charge in [-0.25, -0.2) is 0 Å². The Kier molecular flexibility index (Phi) is 5.33. The molecule has 1 aliphatic carbocycles. The maximum absolute atomic E-state index is 12.7. The Balaban J connectivity index is 1.30. The van der Waals surface area contributed by atoms with Gasteiger partial charge in [-0.3, -0.25) is 9.59 Å². The molecule has 146 valence electrons. The van der Waals surface area contributed by atoms with Gasteiger partial charge in [-0.15, -0.1) is 0 Å². The van der Waals surface area contributed by atoms with Crippen LogP contribution in [0, 0.1) is 5.41 Å². The Bertz CT molecular complexity index is 823. The Morgan fingerprint density at radius 1 is 0.893 bits per heavy atom. The van der Waals surface area contributed by atoms with Crippen LogP contribution in [0.1, 0.15) is 31.2 Å². The molecule has 1 heterocycles. The lowest BCUT2D eigenvalue weighted by Crippen LogP contribution is -2.40. The summed E-state index contributed by atoms with van der Waals surface area (Å²) in [7, 11) is 0. The summed E-state index contributed by atoms with van der Waals surface area (Å²) >= 11 is 0. The third-order valence-electron chi connectivity index (χ3n) is 5.76. The number of hydrogen-bond donors (Lipinski definition) is 2. The summed E-state index contributed by atoms with van der Waals surface area (Å²) < 4.78 is 0. The van der Waals surface area contributed by atoms with Crippen molar-refractivity contribution in [1.29, 1.82) is 0 Å². The van der Waals surface area contributed by atoms with Gasteiger partial charge in [0.15, 0.2) is 0 Å². The number of rotatable bonds is 7. The zero-order chi connectivity index (χ0) is 19.4. The Labute approximate surface area is 166 Å². The highest BCUT2D eigenvalue weighted by Gasteiger charge is 2.56. The van der Waals surface area contributed by atoms with E-state index in [0.29, 0.717) is 19.4 Å². The normalized spacial score (nSPS) is 17.2. The van der Waals surface area contributed by atoms with Crippen LogP contribution in [0.5, 0.6) is 0 Å². The molecule has 5 heteroatoms. The lowest BCUT2D eigenvalue weighted by atomic mass is 10.0. The molecule has 2 fully saturated rings. The van der Waals surface area contributed by atoms with Gasteiger partial charge in [0.2, 0.25) is 11.8 Å². The van der Waals surface area contributed by atoms with Crippen molar-refractivity contribution in [3.05, 3.63) is 60.2 Å². The fraction of sp³-hybridized carbons (Fsp3) is 0.391. The Hall–Kier alpha value is -2.82. The predicted octanol–water partition coefficient (Wildman–Crippen LogP) is 3.36. The van der Waals surface area contributed by atoms with Crippen LogP contribution >= 0.6 is 0 Å². The molecule has 2 amide bonds. The van der Waals surface area contributed by atoms with E-state index in [4.69, 9.17) is 0 Å². The fourth-order valence-corrected chi connectivity index (χ4v) is 3.80. The average Bonchev–Trinajstić information content (AvgIpc) is 3.37. The number of anilines is 2. The lowest BCUT2D eigenvalue weighted by Gasteiger charge is -2.19. The molecule has 0 atom stereocenters. The summed E-state index contributed by atoms with van der Waals surface area (Å²) in [5.74, 6) is -0.353. The minimum Gasteiger partial charge on any atom is -0.372 e. The minimum absolute atomic E-state index is 0.158. The molecule has 0 aromatic heterocycles. The van der Waals surface area contributed by atoms with Gasteiger partial charge < -0.3 is 15.5 Å². The summed E-state index contributed by atoms with van der Waals surface area (Å²) in [6.07, 6.45) is 4.47. The van der Waals surface area contributed by atoms with Gasteiger partial charge in [-0.05, 0) is 61.9 Å². The van der Waals surface area contributed by atoms with E-state index in [1.54, 1.807) is 0 Å². The van der Waals surface area contributed by atoms with Crippen molar-refractivity contribution in [2.75, 3.05) is 29.9 Å². The number of amides is 2. The summed E-state index contributed by atoms with van der Waals surface area (Å²) in [6, 6.07) is 18.0. The van der Waals surface area contributed by atoms with E-state index in [1.165, 1.54) is 24.1 Å². The predicted molar refractivity (Wildman–Crippen MR) is 111 cm³/mol. The van der Waals surface area contributed by atoms with Gasteiger partial charge in [-0.1, -0.05) is 30.3 Å². The number of carbonyl (C=O) groups is 2. The number of hydrogen-bond acceptors (Lipinski definition) is 3. The highest BCUT2D eigenvalue weighted by atomic mass is 16.2. The summed E-state index contributed by atoms with van der Waals surface area (Å²) in [5, 5.41) is 5.87. The maximum Gasteiger partial charge on any atom is 0.240 e. The van der Waals surface area contributed by atoms with Crippen LogP contribution in [0.3, 0.4) is 0 Å². The molecule has 1 aliphatic heterocycles. The van der Waals surface area contributed by atoms with Gasteiger partial charge in [0, 0.05) is 31.0 Å². The molecule has 4 rings (SSSR count). The monoisotopic (exact) mass is 377 g/mol. The van der Waals surface area contributed by atoms with Crippen LogP contribution in [-0.4, -0.2) is 31.4 Å². The zero-order valence-electron chi connectivity index (χ0n) is 16.1. The first-order valence-electron chi connectivity index (χ1n) is 10.2. The van der Waals surface area contributed by atoms with Crippen molar-refractivity contribution in [3.63, 3.8) is 0 Å². The second kappa shape index (κ2) is 8.05. The Morgan fingerprint density at radius 3 is 2.21 bits per heavy atom. The van der Waals surface area contributed by atoms with Crippen LogP contribution in [0.2, 0.25) is 0 Å². The zero-order valence-corrected chi connectivity index (χ0v) is 16.1. The van der Waals surface area contributed by atoms with Crippen molar-refractivity contribution in [2.45, 2.75) is 32.1 Å². The average molecular weight is 377 g/mol. The van der Waals surface area contributed by atoms with E-state index in [0.717, 1.165) is 25.2 Å². The van der Waals surface area contributed by atoms with Gasteiger partial charge in [-0.2, -0.15) is 0 Å². The highest BCUT2D eigenvalue weighted by molar-refractivity contribution is 6.13. The van der Waals surface area contributed by atoms with Crippen molar-refractivity contribution < 1.29 is 9.59 Å². The SMILES string of the molecule is O=C(NCCc1ccccc1)C1(C(=O)Nc2ccc(N3CCCC3)cc2)CC1. The Morgan fingerprint density at radius 2 is 1.57 bits per heavy atom. The van der Waals surface area contributed by atoms with Crippen molar-refractivity contribution in [2.24, 2.45) is 5.41 Å². The molecule has 1 saturated carbocycles. The van der Waals surface area contributed by atoms with E-state index < -0.39 is 5.41 Å². The standard InChI is InChI=1S/C23H27N3O2/c27-21(24-15-12-18-6-2-1-3-7-18)23(13-14-23)22(28)25-19-8-10-20(11-9-19)26-16-4-5-17-26/h1-3,6-11H,4-5,12-17H2,(H,24,27)(H,25,28). The van der Waals surface area contributed by atoms with Crippen molar-refractivity contribution >= 4 is 23.2 Å². The van der Waals surface area contributed by atoms with Crippen molar-refractivity contribution in [3.8, 4) is 0 Å². The number of benzene rings is 2. The molecule has 2 aromatic carbocycles. The third kappa shape index (κ3) is 4.03. The first kappa shape index (κ1) is 18.5. The molecule has 1 saturated heterocycles. The van der Waals surface area contributed by atoms with Crippen LogP contribution in [-0.2, 0) is 16.0 Å². The molecular weight excluding hydrogens is 350 g/mol. The van der Waals surface area contributed by atoms with Gasteiger partial charge in [0.05, 0.1) is 0 Å². The van der Waals surface area contributed by atoms with E-state index >= 15 is 0 Å². The fourth-order valence-electron chi connectivity index (χ4n) is 3.80. The molecule has 0 unspecified atom stereocenters. The van der Waals surface area contributed by atoms with Crippen LogP contribution in [0.4, 0.5) is 11.4 Å². The second-order valence-electron chi connectivity index (χ2n) is 7.77. The van der Waals surface area contributed by atoms with Crippen LogP contribution in [0.25, 0.3) is 0 Å². The van der Waals surface area contributed by atoms with E-state index in [-0.39, 0.29) is 11.8 Å². The molecule has 28 heavy (non-hydrogen) atoms. The van der Waals surface area contributed by atoms with Crippen LogP contribution < -0.4 is 15.5 Å². The number of nitrogens with zero attached hydrogens (tertiary/aromatic N) is 1. The quantitative estimate of drug-likeness (QED) is 0.728. The molecule has 0 spiro atoms. The molecule has 0 radical (unpaired) electrons. The summed E-state index contributed by atoms with van der Waals surface area (Å²) in [5.41, 5.74) is 2.21. The van der Waals surface area contributed by atoms with Gasteiger partial charge >= 0.3 is 0 Å². The van der Waals surface area contributed by atoms with Gasteiger partial charge in [0.1, 0.15) is 5.41 Å². The summed E-state index contributed by atoms with van der Waals surface area (Å²) in [6.45, 7) is 2.73. The smallest absolute Gasteiger partial charge is 0.240 e. The topological polar surface area (TPSA) is 61.4 Å². The number of carbonyl (C=O) groups excluding carboxylic acids is 2. The van der Waals surface area contributed by atoms with E-state index in [2.05, 4.69) is 15.5 Å². The number of nitrogens with one attached hydrogen (secondary N) is 2. The van der Waals surface area contributed by atoms with E-state index in [1.807, 2.05) is 54.6 Å². The first-order chi connectivity index (χ1) is 13.7. The third-order valence-corrected chi connectivity index (χ3v) is 5.76. The van der Waals surface area contributed by atoms with Gasteiger partial charge in [0.25, 0.3) is 0 Å². The molecule has 2 N–H and O–H groups in total. The molecular formula is C23H27N3O2. The second-order valence-corrected chi connectivity index (χ2v) is 7.77. The van der Waals surface area contributed by atoms with Crippen LogP contribution in [0.15, 0.2) is 54.6 Å². The largest absolute Gasteiger partial charge is 0.372 e. The maximum atomic E-state index is 12.7. The lowest BCUT2D eigenvalue weighted by molar-refractivity contribution is -0.134. The first-order valence-corrected chi connectivity index (χ1v) is 10.2. The minimum atomic E-state index is -0.899. The van der Waals surface area contributed by atoms with E-state index in [9.17, 15) is 9.59 Å². The highest BCUT2D eigenvalue weighted by Crippen LogP contribution is 2.46. The molecule has 5 nitrogen and oxygen atoms in total. The molecule has 2 aromatic rings. The molecule has 2 aliphatic rings. The summed E-state index contributed by atoms with van der Waals surface area (Å²) in [4.78, 5) is 27.7. The molecule has 0 bridgehead atoms. The van der Waals surface area contributed by atoms with Crippen molar-refractivity contribution in [1.82, 2.24) is 5.32 Å².